The summed E-state index contributed by atoms with van der Waals surface area (Å²) < 4.78 is 11.2. The fraction of sp³-hybridized carbons (Fsp3) is 0.435. The van der Waals surface area contributed by atoms with Gasteiger partial charge in [-0.05, 0) is 38.0 Å². The molecule has 1 fully saturated rings. The second kappa shape index (κ2) is 9.71. The first-order chi connectivity index (χ1) is 13.5. The molecule has 28 heavy (non-hydrogen) atoms. The molecule has 1 amide bonds. The lowest BCUT2D eigenvalue weighted by molar-refractivity contribution is -0.124. The fourth-order valence-corrected chi connectivity index (χ4v) is 3.42. The van der Waals surface area contributed by atoms with Gasteiger partial charge in [0.15, 0.2) is 6.61 Å². The van der Waals surface area contributed by atoms with Crippen LogP contribution in [-0.4, -0.2) is 50.3 Å². The van der Waals surface area contributed by atoms with E-state index in [1.54, 1.807) is 0 Å². The molecule has 0 bridgehead atoms. The van der Waals surface area contributed by atoms with Crippen molar-refractivity contribution in [1.29, 1.82) is 0 Å². The average molecular weight is 383 g/mol. The lowest BCUT2D eigenvalue weighted by Gasteiger charge is -2.31. The quantitative estimate of drug-likeness (QED) is 0.799. The summed E-state index contributed by atoms with van der Waals surface area (Å²) in [5.74, 6) is 0.639. The lowest BCUT2D eigenvalue weighted by atomic mass is 10.0. The zero-order chi connectivity index (χ0) is 19.9. The molecule has 0 aromatic heterocycles. The Bertz CT molecular complexity index is 783. The highest BCUT2D eigenvalue weighted by Gasteiger charge is 2.20. The van der Waals surface area contributed by atoms with Crippen molar-refractivity contribution in [2.75, 3.05) is 39.5 Å². The van der Waals surface area contributed by atoms with E-state index in [9.17, 15) is 4.79 Å². The summed E-state index contributed by atoms with van der Waals surface area (Å²) in [6, 6.07) is 14.2. The van der Waals surface area contributed by atoms with Gasteiger partial charge >= 0.3 is 0 Å². The number of rotatable bonds is 7. The van der Waals surface area contributed by atoms with E-state index in [0.29, 0.717) is 0 Å². The van der Waals surface area contributed by atoms with Gasteiger partial charge in [0.1, 0.15) is 5.75 Å². The number of morpholine rings is 1. The van der Waals surface area contributed by atoms with Crippen molar-refractivity contribution in [3.05, 3.63) is 64.7 Å². The SMILES string of the molecule is Cc1ccc([C@@H](CN2CCOCC2)NC(=O)COc2ccc(C)cc2C)cc1. The van der Waals surface area contributed by atoms with Crippen molar-refractivity contribution in [3.8, 4) is 5.75 Å². The summed E-state index contributed by atoms with van der Waals surface area (Å²) in [5, 5.41) is 3.15. The highest BCUT2D eigenvalue weighted by atomic mass is 16.5. The average Bonchev–Trinajstić information content (AvgIpc) is 2.68. The van der Waals surface area contributed by atoms with Gasteiger partial charge in [-0.3, -0.25) is 9.69 Å². The summed E-state index contributed by atoms with van der Waals surface area (Å²) in [6.07, 6.45) is 0. The standard InChI is InChI=1S/C23H30N2O3/c1-17-4-7-20(8-5-17)21(15-25-10-12-27-13-11-25)24-23(26)16-28-22-9-6-18(2)14-19(22)3/h4-9,14,21H,10-13,15-16H2,1-3H3,(H,24,26)/t21-/m1/s1. The second-order valence-corrected chi connectivity index (χ2v) is 7.50. The molecule has 1 heterocycles. The molecule has 1 saturated heterocycles. The third-order valence-electron chi connectivity index (χ3n) is 5.05. The predicted molar refractivity (Wildman–Crippen MR) is 111 cm³/mol. The lowest BCUT2D eigenvalue weighted by Crippen LogP contribution is -2.44. The van der Waals surface area contributed by atoms with E-state index in [1.165, 1.54) is 11.1 Å². The first-order valence-corrected chi connectivity index (χ1v) is 9.87. The van der Waals surface area contributed by atoms with Crippen LogP contribution in [0.3, 0.4) is 0 Å². The van der Waals surface area contributed by atoms with Gasteiger partial charge < -0.3 is 14.8 Å². The van der Waals surface area contributed by atoms with Crippen LogP contribution in [0.25, 0.3) is 0 Å². The largest absolute Gasteiger partial charge is 0.484 e. The number of hydrogen-bond donors (Lipinski definition) is 1. The van der Waals surface area contributed by atoms with E-state index in [1.807, 2.05) is 26.0 Å². The minimum atomic E-state index is -0.112. The van der Waals surface area contributed by atoms with Crippen LogP contribution in [0.4, 0.5) is 0 Å². The molecule has 0 spiro atoms. The Morgan fingerprint density at radius 3 is 2.43 bits per heavy atom. The number of benzene rings is 2. The van der Waals surface area contributed by atoms with Crippen molar-refractivity contribution in [1.82, 2.24) is 10.2 Å². The van der Waals surface area contributed by atoms with Gasteiger partial charge in [-0.25, -0.2) is 0 Å². The van der Waals surface area contributed by atoms with Gasteiger partial charge in [0.25, 0.3) is 5.91 Å². The molecule has 0 unspecified atom stereocenters. The van der Waals surface area contributed by atoms with Gasteiger partial charge in [0.05, 0.1) is 19.3 Å². The Kier molecular flexibility index (Phi) is 7.06. The molecule has 1 N–H and O–H groups in total. The molecule has 1 aliphatic rings. The minimum absolute atomic E-state index is 0.00930. The summed E-state index contributed by atoms with van der Waals surface area (Å²) in [6.45, 7) is 10.1. The maximum Gasteiger partial charge on any atom is 0.258 e. The van der Waals surface area contributed by atoms with Crippen LogP contribution < -0.4 is 10.1 Å². The van der Waals surface area contributed by atoms with Gasteiger partial charge in [0, 0.05) is 19.6 Å². The maximum atomic E-state index is 12.6. The van der Waals surface area contributed by atoms with Crippen LogP contribution in [-0.2, 0) is 9.53 Å². The Morgan fingerprint density at radius 1 is 1.07 bits per heavy atom. The van der Waals surface area contributed by atoms with Gasteiger partial charge in [-0.1, -0.05) is 47.5 Å². The number of aryl methyl sites for hydroxylation is 3. The zero-order valence-electron chi connectivity index (χ0n) is 17.0. The Labute approximate surface area is 167 Å². The predicted octanol–water partition coefficient (Wildman–Crippen LogP) is 3.18. The van der Waals surface area contributed by atoms with Crippen LogP contribution >= 0.6 is 0 Å². The molecule has 5 nitrogen and oxygen atoms in total. The molecular formula is C23H30N2O3. The topological polar surface area (TPSA) is 50.8 Å². The monoisotopic (exact) mass is 382 g/mol. The maximum absolute atomic E-state index is 12.6. The van der Waals surface area contributed by atoms with E-state index >= 15 is 0 Å². The van der Waals surface area contributed by atoms with Gasteiger partial charge in [-0.2, -0.15) is 0 Å². The third kappa shape index (κ3) is 5.81. The summed E-state index contributed by atoms with van der Waals surface area (Å²) >= 11 is 0. The number of nitrogens with one attached hydrogen (secondary N) is 1. The Morgan fingerprint density at radius 2 is 1.75 bits per heavy atom. The van der Waals surface area contributed by atoms with E-state index in [2.05, 4.69) is 47.5 Å². The minimum Gasteiger partial charge on any atom is -0.484 e. The van der Waals surface area contributed by atoms with Crippen LogP contribution in [0, 0.1) is 20.8 Å². The van der Waals surface area contributed by atoms with Gasteiger partial charge in [0.2, 0.25) is 0 Å². The molecule has 150 valence electrons. The van der Waals surface area contributed by atoms with E-state index in [-0.39, 0.29) is 18.6 Å². The first-order valence-electron chi connectivity index (χ1n) is 9.87. The Hall–Kier alpha value is -2.37. The van der Waals surface area contributed by atoms with Crippen LogP contribution in [0.2, 0.25) is 0 Å². The number of ether oxygens (including phenoxy) is 2. The van der Waals surface area contributed by atoms with Gasteiger partial charge in [-0.15, -0.1) is 0 Å². The van der Waals surface area contributed by atoms with Crippen LogP contribution in [0.5, 0.6) is 5.75 Å². The normalized spacial score (nSPS) is 15.8. The molecule has 0 radical (unpaired) electrons. The number of carbonyl (C=O) groups is 1. The van der Waals surface area contributed by atoms with E-state index in [4.69, 9.17) is 9.47 Å². The fourth-order valence-electron chi connectivity index (χ4n) is 3.42. The molecule has 0 aliphatic carbocycles. The molecule has 3 rings (SSSR count). The van der Waals surface area contributed by atoms with Crippen LogP contribution in [0.15, 0.2) is 42.5 Å². The summed E-state index contributed by atoms with van der Waals surface area (Å²) in [4.78, 5) is 14.9. The van der Waals surface area contributed by atoms with Crippen molar-refractivity contribution in [2.24, 2.45) is 0 Å². The summed E-state index contributed by atoms with van der Waals surface area (Å²) in [7, 11) is 0. The molecule has 2 aromatic rings. The zero-order valence-corrected chi connectivity index (χ0v) is 17.0. The van der Waals surface area contributed by atoms with Crippen LogP contribution in [0.1, 0.15) is 28.3 Å². The second-order valence-electron chi connectivity index (χ2n) is 7.50. The number of nitrogens with zero attached hydrogens (tertiary/aromatic N) is 1. The number of amides is 1. The van der Waals surface area contributed by atoms with Crippen molar-refractivity contribution < 1.29 is 14.3 Å². The van der Waals surface area contributed by atoms with Crippen molar-refractivity contribution in [2.45, 2.75) is 26.8 Å². The molecule has 1 aliphatic heterocycles. The summed E-state index contributed by atoms with van der Waals surface area (Å²) in [5.41, 5.74) is 4.53. The highest BCUT2D eigenvalue weighted by molar-refractivity contribution is 5.78. The Balaban J connectivity index is 1.63. The molecule has 0 saturated carbocycles. The third-order valence-corrected chi connectivity index (χ3v) is 5.05. The van der Waals surface area contributed by atoms with E-state index < -0.39 is 0 Å². The first kappa shape index (κ1) is 20.4. The molecule has 2 aromatic carbocycles. The van der Waals surface area contributed by atoms with Crippen molar-refractivity contribution in [3.63, 3.8) is 0 Å². The highest BCUT2D eigenvalue weighted by Crippen LogP contribution is 2.19. The molecule has 1 atom stereocenters. The number of hydrogen-bond acceptors (Lipinski definition) is 4. The van der Waals surface area contributed by atoms with E-state index in [0.717, 1.165) is 49.7 Å². The number of carbonyl (C=O) groups excluding carboxylic acids is 1. The smallest absolute Gasteiger partial charge is 0.258 e. The molecule has 5 heteroatoms. The van der Waals surface area contributed by atoms with Crippen molar-refractivity contribution >= 4 is 5.91 Å². The molecular weight excluding hydrogens is 352 g/mol.